The Balaban J connectivity index is 2.35. The Bertz CT molecular complexity index is 220. The quantitative estimate of drug-likeness (QED) is 0.768. The van der Waals surface area contributed by atoms with Crippen LogP contribution in [0.3, 0.4) is 0 Å². The number of hydrogen-bond donors (Lipinski definition) is 2. The third-order valence-electron chi connectivity index (χ3n) is 3.49. The molecular formula is C12H25N3O. The Labute approximate surface area is 98.6 Å². The summed E-state index contributed by atoms with van der Waals surface area (Å²) in [6, 6.07) is 0.0143. The van der Waals surface area contributed by atoms with Crippen molar-refractivity contribution >= 4 is 6.03 Å². The van der Waals surface area contributed by atoms with Crippen LogP contribution in [0.1, 0.15) is 46.0 Å². The van der Waals surface area contributed by atoms with Gasteiger partial charge in [-0.25, -0.2) is 4.79 Å². The monoisotopic (exact) mass is 227 g/mol. The van der Waals surface area contributed by atoms with E-state index < -0.39 is 0 Å². The molecule has 0 aromatic rings. The summed E-state index contributed by atoms with van der Waals surface area (Å²) in [6.45, 7) is 6.09. The van der Waals surface area contributed by atoms with Crippen molar-refractivity contribution in [2.45, 2.75) is 51.5 Å². The molecule has 0 spiro atoms. The number of nitrogens with two attached hydrogens (primary N) is 1. The van der Waals surface area contributed by atoms with Crippen molar-refractivity contribution in [2.75, 3.05) is 19.6 Å². The fraction of sp³-hybridized carbons (Fsp3) is 0.917. The average molecular weight is 227 g/mol. The second-order valence-electron chi connectivity index (χ2n) is 4.75. The predicted octanol–water partition coefficient (Wildman–Crippen LogP) is 1.70. The third kappa shape index (κ3) is 3.67. The lowest BCUT2D eigenvalue weighted by molar-refractivity contribution is 0.195. The number of carbonyl (C=O) groups is 1. The van der Waals surface area contributed by atoms with E-state index in [4.69, 9.17) is 5.73 Å². The molecule has 0 aromatic heterocycles. The van der Waals surface area contributed by atoms with Gasteiger partial charge in [-0.15, -0.1) is 0 Å². The van der Waals surface area contributed by atoms with Crippen LogP contribution in [-0.4, -0.2) is 36.1 Å². The molecule has 0 unspecified atom stereocenters. The Morgan fingerprint density at radius 2 is 1.81 bits per heavy atom. The molecule has 0 bridgehead atoms. The van der Waals surface area contributed by atoms with Crippen molar-refractivity contribution in [1.29, 1.82) is 0 Å². The fourth-order valence-corrected chi connectivity index (χ4v) is 2.31. The molecule has 0 aromatic carbocycles. The van der Waals surface area contributed by atoms with Crippen LogP contribution in [0.4, 0.5) is 4.79 Å². The van der Waals surface area contributed by atoms with Gasteiger partial charge < -0.3 is 16.0 Å². The lowest BCUT2D eigenvalue weighted by Gasteiger charge is -2.34. The molecule has 4 nitrogen and oxygen atoms in total. The van der Waals surface area contributed by atoms with E-state index >= 15 is 0 Å². The van der Waals surface area contributed by atoms with Crippen LogP contribution in [0.15, 0.2) is 0 Å². The Morgan fingerprint density at radius 1 is 1.25 bits per heavy atom. The van der Waals surface area contributed by atoms with Crippen molar-refractivity contribution < 1.29 is 4.79 Å². The third-order valence-corrected chi connectivity index (χ3v) is 3.49. The molecule has 0 radical (unpaired) electrons. The van der Waals surface area contributed by atoms with Crippen molar-refractivity contribution in [2.24, 2.45) is 5.73 Å². The van der Waals surface area contributed by atoms with Crippen molar-refractivity contribution in [1.82, 2.24) is 10.2 Å². The van der Waals surface area contributed by atoms with E-state index in [-0.39, 0.29) is 11.6 Å². The van der Waals surface area contributed by atoms with Gasteiger partial charge in [-0.1, -0.05) is 19.3 Å². The molecule has 1 rings (SSSR count). The summed E-state index contributed by atoms with van der Waals surface area (Å²) < 4.78 is 0. The van der Waals surface area contributed by atoms with Gasteiger partial charge in [0.25, 0.3) is 0 Å². The summed E-state index contributed by atoms with van der Waals surface area (Å²) in [6.07, 6.45) is 5.73. The van der Waals surface area contributed by atoms with Crippen LogP contribution < -0.4 is 11.1 Å². The Morgan fingerprint density at radius 3 is 2.31 bits per heavy atom. The number of nitrogens with one attached hydrogen (secondary N) is 1. The molecule has 4 heteroatoms. The SMILES string of the molecule is CCN(CC)C(=O)NCC1(N)CCCCC1. The topological polar surface area (TPSA) is 58.4 Å². The molecule has 0 atom stereocenters. The summed E-state index contributed by atoms with van der Waals surface area (Å²) >= 11 is 0. The van der Waals surface area contributed by atoms with E-state index in [1.165, 1.54) is 19.3 Å². The molecule has 0 saturated heterocycles. The van der Waals surface area contributed by atoms with Gasteiger partial charge in [-0.05, 0) is 26.7 Å². The fourth-order valence-electron chi connectivity index (χ4n) is 2.31. The highest BCUT2D eigenvalue weighted by molar-refractivity contribution is 5.74. The van der Waals surface area contributed by atoms with Gasteiger partial charge in [-0.2, -0.15) is 0 Å². The number of carbonyl (C=O) groups excluding carboxylic acids is 1. The second-order valence-corrected chi connectivity index (χ2v) is 4.75. The van der Waals surface area contributed by atoms with Gasteiger partial charge in [0.05, 0.1) is 0 Å². The maximum Gasteiger partial charge on any atom is 0.317 e. The van der Waals surface area contributed by atoms with E-state index in [0.29, 0.717) is 6.54 Å². The van der Waals surface area contributed by atoms with Crippen LogP contribution in [-0.2, 0) is 0 Å². The van der Waals surface area contributed by atoms with Crippen molar-refractivity contribution in [3.63, 3.8) is 0 Å². The molecule has 2 amide bonds. The predicted molar refractivity (Wildman–Crippen MR) is 66.3 cm³/mol. The highest BCUT2D eigenvalue weighted by atomic mass is 16.2. The maximum absolute atomic E-state index is 11.7. The standard InChI is InChI=1S/C12H25N3O/c1-3-15(4-2)11(16)14-10-12(13)8-6-5-7-9-12/h3-10,13H2,1-2H3,(H,14,16). The second kappa shape index (κ2) is 6.09. The summed E-state index contributed by atoms with van der Waals surface area (Å²) in [4.78, 5) is 13.5. The van der Waals surface area contributed by atoms with Crippen LogP contribution in [0.25, 0.3) is 0 Å². The summed E-state index contributed by atoms with van der Waals surface area (Å²) in [5.41, 5.74) is 6.09. The molecular weight excluding hydrogens is 202 g/mol. The van der Waals surface area contributed by atoms with Gasteiger partial charge in [0.2, 0.25) is 0 Å². The summed E-state index contributed by atoms with van der Waals surface area (Å²) in [7, 11) is 0. The Hall–Kier alpha value is -0.770. The molecule has 1 saturated carbocycles. The lowest BCUT2D eigenvalue weighted by Crippen LogP contribution is -2.53. The van der Waals surface area contributed by atoms with Crippen LogP contribution in [0, 0.1) is 0 Å². The highest BCUT2D eigenvalue weighted by Gasteiger charge is 2.28. The van der Waals surface area contributed by atoms with E-state index in [2.05, 4.69) is 5.32 Å². The van der Waals surface area contributed by atoms with Gasteiger partial charge in [-0.3, -0.25) is 0 Å². The normalized spacial score (nSPS) is 19.2. The number of amides is 2. The minimum atomic E-state index is -0.166. The first-order valence-electron chi connectivity index (χ1n) is 6.43. The zero-order valence-corrected chi connectivity index (χ0v) is 10.6. The molecule has 16 heavy (non-hydrogen) atoms. The van der Waals surface area contributed by atoms with Crippen LogP contribution in [0.5, 0.6) is 0 Å². The molecule has 3 N–H and O–H groups in total. The van der Waals surface area contributed by atoms with Crippen LogP contribution in [0.2, 0.25) is 0 Å². The molecule has 1 aliphatic rings. The molecule has 0 heterocycles. The molecule has 94 valence electrons. The van der Waals surface area contributed by atoms with E-state index in [1.54, 1.807) is 4.90 Å². The number of rotatable bonds is 4. The first-order chi connectivity index (χ1) is 7.61. The van der Waals surface area contributed by atoms with E-state index in [1.807, 2.05) is 13.8 Å². The van der Waals surface area contributed by atoms with Gasteiger partial charge >= 0.3 is 6.03 Å². The van der Waals surface area contributed by atoms with E-state index in [9.17, 15) is 4.79 Å². The van der Waals surface area contributed by atoms with E-state index in [0.717, 1.165) is 25.9 Å². The molecule has 0 aliphatic heterocycles. The van der Waals surface area contributed by atoms with Crippen molar-refractivity contribution in [3.05, 3.63) is 0 Å². The lowest BCUT2D eigenvalue weighted by atomic mass is 9.82. The number of hydrogen-bond acceptors (Lipinski definition) is 2. The molecule has 1 aliphatic carbocycles. The van der Waals surface area contributed by atoms with Gasteiger partial charge in [0.15, 0.2) is 0 Å². The largest absolute Gasteiger partial charge is 0.336 e. The minimum absolute atomic E-state index is 0.0143. The van der Waals surface area contributed by atoms with Crippen LogP contribution >= 0.6 is 0 Å². The zero-order valence-electron chi connectivity index (χ0n) is 10.6. The summed E-state index contributed by atoms with van der Waals surface area (Å²) in [5, 5.41) is 2.96. The zero-order chi connectivity index (χ0) is 12.0. The minimum Gasteiger partial charge on any atom is -0.336 e. The Kier molecular flexibility index (Phi) is 5.06. The number of urea groups is 1. The van der Waals surface area contributed by atoms with Crippen molar-refractivity contribution in [3.8, 4) is 0 Å². The number of nitrogens with zero attached hydrogens (tertiary/aromatic N) is 1. The van der Waals surface area contributed by atoms with Gasteiger partial charge in [0, 0.05) is 25.2 Å². The highest BCUT2D eigenvalue weighted by Crippen LogP contribution is 2.25. The first kappa shape index (κ1) is 13.3. The maximum atomic E-state index is 11.7. The first-order valence-corrected chi connectivity index (χ1v) is 6.43. The smallest absolute Gasteiger partial charge is 0.317 e. The summed E-state index contributed by atoms with van der Waals surface area (Å²) in [5.74, 6) is 0. The average Bonchev–Trinajstić information content (AvgIpc) is 2.29. The molecule has 1 fully saturated rings. The van der Waals surface area contributed by atoms with Gasteiger partial charge in [0.1, 0.15) is 0 Å².